The number of thiophene rings is 1. The Morgan fingerprint density at radius 3 is 2.29 bits per heavy atom. The largest absolute Gasteiger partial charge is 0.457 e. The van der Waals surface area contributed by atoms with Gasteiger partial charge in [-0.2, -0.15) is 0 Å². The molecule has 0 saturated heterocycles. The number of anilines is 1. The predicted molar refractivity (Wildman–Crippen MR) is 136 cm³/mol. The number of aromatic nitrogens is 2. The molecule has 1 N–H and O–H groups in total. The molecule has 7 heteroatoms. The molecule has 168 valence electrons. The monoisotopic (exact) mass is 467 g/mol. The maximum atomic E-state index is 13.3. The molecule has 1 unspecified atom stereocenters. The number of rotatable bonds is 6. The summed E-state index contributed by atoms with van der Waals surface area (Å²) in [6, 6.07) is 25.5. The molecule has 5 aromatic rings. The van der Waals surface area contributed by atoms with Crippen molar-refractivity contribution in [3.63, 3.8) is 0 Å². The standard InChI is InChI=1S/C27H21N3O3S/c1-18(25(31)29-20-12-14-22(15-13-20)33-21-10-6-3-7-11-21)30-17-28-26-24(27(30)32)23(16-34-26)19-8-4-2-5-9-19/h2-18H,1H3,(H,29,31). The van der Waals surface area contributed by atoms with Crippen LogP contribution < -0.4 is 15.6 Å². The van der Waals surface area contributed by atoms with E-state index in [0.29, 0.717) is 21.7 Å². The molecule has 5 rings (SSSR count). The van der Waals surface area contributed by atoms with Gasteiger partial charge < -0.3 is 10.1 Å². The van der Waals surface area contributed by atoms with Crippen LogP contribution in [0, 0.1) is 0 Å². The summed E-state index contributed by atoms with van der Waals surface area (Å²) in [5, 5.41) is 5.33. The average Bonchev–Trinajstić information content (AvgIpc) is 3.31. The van der Waals surface area contributed by atoms with Crippen LogP contribution in [0.25, 0.3) is 21.3 Å². The first-order valence-corrected chi connectivity index (χ1v) is 11.7. The Morgan fingerprint density at radius 1 is 0.941 bits per heavy atom. The zero-order chi connectivity index (χ0) is 23.5. The van der Waals surface area contributed by atoms with Crippen molar-refractivity contribution in [1.82, 2.24) is 9.55 Å². The van der Waals surface area contributed by atoms with Crippen LogP contribution in [0.2, 0.25) is 0 Å². The summed E-state index contributed by atoms with van der Waals surface area (Å²) in [6.07, 6.45) is 1.44. The molecule has 0 aliphatic heterocycles. The summed E-state index contributed by atoms with van der Waals surface area (Å²) in [5.74, 6) is 1.09. The zero-order valence-electron chi connectivity index (χ0n) is 18.3. The van der Waals surface area contributed by atoms with E-state index in [1.807, 2.05) is 66.0 Å². The summed E-state index contributed by atoms with van der Waals surface area (Å²) >= 11 is 1.42. The van der Waals surface area contributed by atoms with Crippen molar-refractivity contribution in [2.45, 2.75) is 13.0 Å². The van der Waals surface area contributed by atoms with Crippen molar-refractivity contribution in [2.75, 3.05) is 5.32 Å². The fourth-order valence-electron chi connectivity index (χ4n) is 3.66. The van der Waals surface area contributed by atoms with E-state index in [2.05, 4.69) is 10.3 Å². The van der Waals surface area contributed by atoms with Gasteiger partial charge in [0.15, 0.2) is 0 Å². The second-order valence-electron chi connectivity index (χ2n) is 7.76. The van der Waals surface area contributed by atoms with Crippen LogP contribution in [0.5, 0.6) is 11.5 Å². The Labute approximate surface area is 200 Å². The molecule has 0 saturated carbocycles. The van der Waals surface area contributed by atoms with E-state index in [1.54, 1.807) is 31.2 Å². The molecule has 0 radical (unpaired) electrons. The van der Waals surface area contributed by atoms with E-state index in [4.69, 9.17) is 4.74 Å². The Bertz CT molecular complexity index is 1490. The third-order valence-corrected chi connectivity index (χ3v) is 6.39. The second-order valence-corrected chi connectivity index (χ2v) is 8.62. The predicted octanol–water partition coefficient (Wildman–Crippen LogP) is 6.12. The number of hydrogen-bond donors (Lipinski definition) is 1. The molecule has 6 nitrogen and oxygen atoms in total. The van der Waals surface area contributed by atoms with E-state index in [-0.39, 0.29) is 11.5 Å². The molecule has 34 heavy (non-hydrogen) atoms. The summed E-state index contributed by atoms with van der Waals surface area (Å²) in [7, 11) is 0. The van der Waals surface area contributed by atoms with Crippen molar-refractivity contribution in [3.05, 3.63) is 107 Å². The lowest BCUT2D eigenvalue weighted by atomic mass is 10.1. The highest BCUT2D eigenvalue weighted by molar-refractivity contribution is 7.17. The lowest BCUT2D eigenvalue weighted by molar-refractivity contribution is -0.118. The molecular formula is C27H21N3O3S. The first-order valence-electron chi connectivity index (χ1n) is 10.8. The number of carbonyl (C=O) groups is 1. The fraction of sp³-hybridized carbons (Fsp3) is 0.0741. The molecule has 1 amide bonds. The topological polar surface area (TPSA) is 73.2 Å². The maximum Gasteiger partial charge on any atom is 0.263 e. The average molecular weight is 468 g/mol. The van der Waals surface area contributed by atoms with Crippen molar-refractivity contribution in [1.29, 1.82) is 0 Å². The number of hydrogen-bond acceptors (Lipinski definition) is 5. The van der Waals surface area contributed by atoms with Crippen molar-refractivity contribution in [3.8, 4) is 22.6 Å². The van der Waals surface area contributed by atoms with Crippen molar-refractivity contribution >= 4 is 33.1 Å². The van der Waals surface area contributed by atoms with E-state index in [0.717, 1.165) is 16.9 Å². The third kappa shape index (κ3) is 4.33. The first-order chi connectivity index (χ1) is 16.6. The minimum atomic E-state index is -0.742. The van der Waals surface area contributed by atoms with E-state index in [1.165, 1.54) is 22.2 Å². The van der Waals surface area contributed by atoms with Crippen LogP contribution in [0.3, 0.4) is 0 Å². The van der Waals surface area contributed by atoms with Gasteiger partial charge in [0.2, 0.25) is 5.91 Å². The fourth-order valence-corrected chi connectivity index (χ4v) is 4.56. The normalized spacial score (nSPS) is 11.8. The summed E-state index contributed by atoms with van der Waals surface area (Å²) in [6.45, 7) is 1.69. The number of amides is 1. The maximum absolute atomic E-state index is 13.3. The highest BCUT2D eigenvalue weighted by Gasteiger charge is 2.20. The Hall–Kier alpha value is -4.23. The summed E-state index contributed by atoms with van der Waals surface area (Å²) < 4.78 is 7.16. The number of fused-ring (bicyclic) bond motifs is 1. The second kappa shape index (κ2) is 9.33. The first kappa shape index (κ1) is 21.6. The highest BCUT2D eigenvalue weighted by atomic mass is 32.1. The Morgan fingerprint density at radius 2 is 1.59 bits per heavy atom. The number of nitrogens with zero attached hydrogens (tertiary/aromatic N) is 2. The lowest BCUT2D eigenvalue weighted by Crippen LogP contribution is -2.31. The van der Waals surface area contributed by atoms with Crippen LogP contribution in [0.15, 0.2) is 101 Å². The quantitative estimate of drug-likeness (QED) is 0.327. The number of carbonyl (C=O) groups excluding carboxylic acids is 1. The molecule has 2 aromatic heterocycles. The third-order valence-electron chi connectivity index (χ3n) is 5.50. The van der Waals surface area contributed by atoms with Crippen molar-refractivity contribution in [2.24, 2.45) is 0 Å². The molecule has 0 aliphatic carbocycles. The van der Waals surface area contributed by atoms with Gasteiger partial charge in [0.05, 0.1) is 11.7 Å². The van der Waals surface area contributed by atoms with Crippen LogP contribution in [-0.4, -0.2) is 15.5 Å². The van der Waals surface area contributed by atoms with E-state index in [9.17, 15) is 9.59 Å². The molecule has 2 heterocycles. The number of ether oxygens (including phenoxy) is 1. The van der Waals surface area contributed by atoms with Crippen LogP contribution in [0.1, 0.15) is 13.0 Å². The smallest absolute Gasteiger partial charge is 0.263 e. The van der Waals surface area contributed by atoms with Gasteiger partial charge in [0.1, 0.15) is 22.4 Å². The summed E-state index contributed by atoms with van der Waals surface area (Å²) in [4.78, 5) is 31.4. The Kier molecular flexibility index (Phi) is 5.93. The van der Waals surface area contributed by atoms with Crippen molar-refractivity contribution < 1.29 is 9.53 Å². The number of nitrogens with one attached hydrogen (secondary N) is 1. The highest BCUT2D eigenvalue weighted by Crippen LogP contribution is 2.30. The van der Waals surface area contributed by atoms with E-state index < -0.39 is 6.04 Å². The van der Waals surface area contributed by atoms with Crippen LogP contribution >= 0.6 is 11.3 Å². The number of benzene rings is 3. The minimum Gasteiger partial charge on any atom is -0.457 e. The molecule has 0 spiro atoms. The van der Waals surface area contributed by atoms with Crippen LogP contribution in [0.4, 0.5) is 5.69 Å². The number of para-hydroxylation sites is 1. The van der Waals surface area contributed by atoms with Gasteiger partial charge in [-0.3, -0.25) is 14.2 Å². The molecule has 0 aliphatic rings. The van der Waals surface area contributed by atoms with E-state index >= 15 is 0 Å². The lowest BCUT2D eigenvalue weighted by Gasteiger charge is -2.15. The molecule has 1 atom stereocenters. The summed E-state index contributed by atoms with van der Waals surface area (Å²) in [5.41, 5.74) is 2.15. The van der Waals surface area contributed by atoms with Gasteiger partial charge in [-0.15, -0.1) is 11.3 Å². The Balaban J connectivity index is 1.35. The molecular weight excluding hydrogens is 446 g/mol. The van der Waals surface area contributed by atoms with Gasteiger partial charge in [0, 0.05) is 16.6 Å². The SMILES string of the molecule is CC(C(=O)Nc1ccc(Oc2ccccc2)cc1)n1cnc2scc(-c3ccccc3)c2c1=O. The van der Waals surface area contributed by atoms with Gasteiger partial charge in [0.25, 0.3) is 5.56 Å². The molecule has 0 fully saturated rings. The zero-order valence-corrected chi connectivity index (χ0v) is 19.2. The van der Waals surface area contributed by atoms with Gasteiger partial charge in [-0.1, -0.05) is 48.5 Å². The van der Waals surface area contributed by atoms with Gasteiger partial charge in [-0.05, 0) is 48.9 Å². The van der Waals surface area contributed by atoms with Gasteiger partial charge in [-0.25, -0.2) is 4.98 Å². The molecule has 0 bridgehead atoms. The van der Waals surface area contributed by atoms with Crippen LogP contribution in [-0.2, 0) is 4.79 Å². The minimum absolute atomic E-state index is 0.237. The molecule has 3 aromatic carbocycles. The van der Waals surface area contributed by atoms with Gasteiger partial charge >= 0.3 is 0 Å².